The van der Waals surface area contributed by atoms with Crippen LogP contribution in [0.4, 0.5) is 14.6 Å². The Morgan fingerprint density at radius 2 is 1.87 bits per heavy atom. The van der Waals surface area contributed by atoms with Crippen LogP contribution in [0.1, 0.15) is 22.3 Å². The number of pyridine rings is 1. The first-order valence-electron chi connectivity index (χ1n) is 11.6. The summed E-state index contributed by atoms with van der Waals surface area (Å²) in [5.74, 6) is 0.886. The molecular weight excluding hydrogens is 514 g/mol. The summed E-state index contributed by atoms with van der Waals surface area (Å²) in [7, 11) is 1.61. The maximum atomic E-state index is 12.6. The third-order valence-corrected chi connectivity index (χ3v) is 6.05. The van der Waals surface area contributed by atoms with E-state index in [-0.39, 0.29) is 17.9 Å². The van der Waals surface area contributed by atoms with E-state index in [9.17, 15) is 13.6 Å². The Kier molecular flexibility index (Phi) is 8.65. The van der Waals surface area contributed by atoms with Crippen LogP contribution in [0, 0.1) is 0 Å². The molecule has 4 rings (SSSR count). The van der Waals surface area contributed by atoms with Gasteiger partial charge in [0.05, 0.1) is 18.7 Å². The van der Waals surface area contributed by atoms with Gasteiger partial charge in [-0.2, -0.15) is 13.9 Å². The lowest BCUT2D eigenvalue weighted by Gasteiger charge is -2.12. The van der Waals surface area contributed by atoms with Gasteiger partial charge in [0, 0.05) is 37.1 Å². The van der Waals surface area contributed by atoms with E-state index in [4.69, 9.17) is 11.6 Å². The van der Waals surface area contributed by atoms with E-state index in [1.54, 1.807) is 34.8 Å². The van der Waals surface area contributed by atoms with Crippen molar-refractivity contribution in [3.05, 3.63) is 111 Å². The molecule has 0 aliphatic rings. The van der Waals surface area contributed by atoms with Crippen LogP contribution in [0.3, 0.4) is 0 Å². The highest BCUT2D eigenvalue weighted by molar-refractivity contribution is 6.31. The van der Waals surface area contributed by atoms with Gasteiger partial charge in [0.2, 0.25) is 0 Å². The molecule has 11 heteroatoms. The first-order chi connectivity index (χ1) is 18.4. The normalized spacial score (nSPS) is 11.6. The second kappa shape index (κ2) is 12.3. The summed E-state index contributed by atoms with van der Waals surface area (Å²) in [6.45, 7) is 1.85. The van der Waals surface area contributed by atoms with Crippen LogP contribution in [0.5, 0.6) is 5.75 Å². The van der Waals surface area contributed by atoms with Crippen molar-refractivity contribution < 1.29 is 13.5 Å². The van der Waals surface area contributed by atoms with Gasteiger partial charge in [0.25, 0.3) is 5.56 Å². The molecule has 0 aliphatic carbocycles. The first kappa shape index (κ1) is 26.7. The third-order valence-electron chi connectivity index (χ3n) is 5.68. The Morgan fingerprint density at radius 1 is 1.13 bits per heavy atom. The van der Waals surface area contributed by atoms with Gasteiger partial charge in [-0.1, -0.05) is 41.9 Å². The molecule has 2 aromatic heterocycles. The van der Waals surface area contributed by atoms with Crippen molar-refractivity contribution in [1.29, 1.82) is 0 Å². The number of rotatable bonds is 10. The number of nitrogens with one attached hydrogen (secondary N) is 1. The summed E-state index contributed by atoms with van der Waals surface area (Å²) < 4.78 is 33.0. The molecule has 8 nitrogen and oxygen atoms in total. The molecule has 0 atom stereocenters. The number of halogens is 3. The predicted octanol–water partition coefficient (Wildman–Crippen LogP) is 4.89. The lowest BCUT2D eigenvalue weighted by atomic mass is 10.1. The molecule has 1 N–H and O–H groups in total. The largest absolute Gasteiger partial charge is 0.435 e. The van der Waals surface area contributed by atoms with Crippen molar-refractivity contribution in [2.24, 2.45) is 9.98 Å². The number of nitrogens with zero attached hydrogens (tertiary/aromatic N) is 5. The second-order valence-corrected chi connectivity index (χ2v) is 8.67. The minimum absolute atomic E-state index is 0.0132. The second-order valence-electron chi connectivity index (χ2n) is 8.26. The molecule has 0 saturated heterocycles. The Labute approximate surface area is 222 Å². The summed E-state index contributed by atoms with van der Waals surface area (Å²) in [5.41, 5.74) is 3.14. The van der Waals surface area contributed by atoms with E-state index in [2.05, 4.69) is 31.9 Å². The molecule has 2 heterocycles. The van der Waals surface area contributed by atoms with Crippen molar-refractivity contribution >= 4 is 30.0 Å². The molecule has 0 saturated carbocycles. The molecule has 38 heavy (non-hydrogen) atoms. The van der Waals surface area contributed by atoms with Crippen molar-refractivity contribution in [3.8, 4) is 5.75 Å². The average Bonchev–Trinajstić information content (AvgIpc) is 3.31. The zero-order chi connectivity index (χ0) is 27.1. The van der Waals surface area contributed by atoms with Crippen LogP contribution in [-0.2, 0) is 19.6 Å². The van der Waals surface area contributed by atoms with Gasteiger partial charge in [-0.15, -0.1) is 0 Å². The minimum atomic E-state index is -2.93. The molecule has 4 aromatic rings. The molecule has 0 aliphatic heterocycles. The fourth-order valence-corrected chi connectivity index (χ4v) is 4.02. The Bertz CT molecular complexity index is 1500. The van der Waals surface area contributed by atoms with Crippen LogP contribution < -0.4 is 15.6 Å². The molecule has 0 fully saturated rings. The van der Waals surface area contributed by atoms with Crippen LogP contribution in [0.15, 0.2) is 87.8 Å². The molecule has 0 bridgehead atoms. The number of ether oxygens (including phenoxy) is 1. The van der Waals surface area contributed by atoms with Crippen molar-refractivity contribution in [1.82, 2.24) is 19.7 Å². The highest BCUT2D eigenvalue weighted by Crippen LogP contribution is 2.24. The summed E-state index contributed by atoms with van der Waals surface area (Å²) in [6.07, 6.45) is 3.56. The van der Waals surface area contributed by atoms with Crippen LogP contribution in [0.2, 0.25) is 5.02 Å². The quantitative estimate of drug-likeness (QED) is 0.230. The zero-order valence-electron chi connectivity index (χ0n) is 20.5. The van der Waals surface area contributed by atoms with Crippen LogP contribution >= 0.6 is 11.6 Å². The summed E-state index contributed by atoms with van der Waals surface area (Å²) >= 11 is 6.24. The summed E-state index contributed by atoms with van der Waals surface area (Å²) in [6, 6.07) is 17.3. The average molecular weight is 539 g/mol. The number of benzene rings is 2. The predicted molar refractivity (Wildman–Crippen MR) is 144 cm³/mol. The maximum Gasteiger partial charge on any atom is 0.387 e. The molecule has 0 amide bonds. The highest BCUT2D eigenvalue weighted by atomic mass is 35.5. The summed E-state index contributed by atoms with van der Waals surface area (Å²) in [5, 5.41) is 8.07. The Morgan fingerprint density at radius 3 is 2.53 bits per heavy atom. The molecule has 0 spiro atoms. The van der Waals surface area contributed by atoms with Gasteiger partial charge in [-0.05, 0) is 47.7 Å². The van der Waals surface area contributed by atoms with Gasteiger partial charge >= 0.3 is 6.61 Å². The Balaban J connectivity index is 1.45. The topological polar surface area (TPSA) is 85.8 Å². The lowest BCUT2D eigenvalue weighted by Crippen LogP contribution is -2.24. The van der Waals surface area contributed by atoms with Crippen LogP contribution in [-0.4, -0.2) is 40.6 Å². The summed E-state index contributed by atoms with van der Waals surface area (Å²) in [4.78, 5) is 20.3. The van der Waals surface area contributed by atoms with Gasteiger partial charge in [0.15, 0.2) is 5.82 Å². The van der Waals surface area contributed by atoms with Gasteiger partial charge in [-0.25, -0.2) is 4.99 Å². The molecule has 0 radical (unpaired) electrons. The highest BCUT2D eigenvalue weighted by Gasteiger charge is 2.15. The number of alkyl halides is 2. The monoisotopic (exact) mass is 538 g/mol. The van der Waals surface area contributed by atoms with Crippen molar-refractivity contribution in [3.63, 3.8) is 0 Å². The fourth-order valence-electron chi connectivity index (χ4n) is 3.84. The van der Waals surface area contributed by atoms with Gasteiger partial charge < -0.3 is 14.6 Å². The number of hydrogen-bond donors (Lipinski definition) is 1. The number of aliphatic imine (C=N–C) groups is 2. The van der Waals surface area contributed by atoms with Crippen molar-refractivity contribution in [2.75, 3.05) is 7.05 Å². The maximum absolute atomic E-state index is 12.6. The van der Waals surface area contributed by atoms with E-state index in [0.717, 1.165) is 11.1 Å². The lowest BCUT2D eigenvalue weighted by molar-refractivity contribution is -0.0498. The molecular formula is C27H25ClF2N6O2. The van der Waals surface area contributed by atoms with E-state index < -0.39 is 6.61 Å². The fraction of sp³-hybridized carbons (Fsp3) is 0.185. The number of amidine groups is 1. The SMILES string of the molecule is C=Nc1nn(Cc2ccc(Cn3ccccc3=O)cc2)cc1/C(=N\C)NCc1cc(OC(F)F)ccc1Cl. The van der Waals surface area contributed by atoms with Crippen LogP contribution in [0.25, 0.3) is 0 Å². The van der Waals surface area contributed by atoms with E-state index in [1.165, 1.54) is 24.3 Å². The number of aromatic nitrogens is 3. The van der Waals surface area contributed by atoms with Gasteiger partial charge in [-0.3, -0.25) is 14.5 Å². The molecule has 0 unspecified atom stereocenters. The van der Waals surface area contributed by atoms with E-state index in [0.29, 0.717) is 40.9 Å². The van der Waals surface area contributed by atoms with Gasteiger partial charge in [0.1, 0.15) is 11.6 Å². The molecule has 196 valence electrons. The van der Waals surface area contributed by atoms with Crippen molar-refractivity contribution in [2.45, 2.75) is 26.2 Å². The third kappa shape index (κ3) is 6.71. The smallest absolute Gasteiger partial charge is 0.387 e. The zero-order valence-corrected chi connectivity index (χ0v) is 21.3. The Hall–Kier alpha value is -4.31. The standard InChI is InChI=1S/C27H25ClF2N6O2/c1-31-25(33-14-20-13-21(38-27(29)30)10-11-23(20)28)22-17-36(34-26(22)32-2)16-19-8-6-18(7-9-19)15-35-12-4-3-5-24(35)37/h3-13,17,27H,2,14-16H2,1H3,(H,31,33). The minimum Gasteiger partial charge on any atom is -0.435 e. The molecule has 2 aromatic carbocycles. The first-order valence-corrected chi connectivity index (χ1v) is 12.0. The number of hydrogen-bond acceptors (Lipinski definition) is 5. The van der Waals surface area contributed by atoms with E-state index in [1.807, 2.05) is 30.3 Å². The van der Waals surface area contributed by atoms with E-state index >= 15 is 0 Å².